The van der Waals surface area contributed by atoms with Gasteiger partial charge in [0, 0.05) is 17.2 Å². The van der Waals surface area contributed by atoms with E-state index in [-0.39, 0.29) is 27.7 Å². The Morgan fingerprint density at radius 1 is 1.24 bits per heavy atom. The van der Waals surface area contributed by atoms with Crippen LogP contribution in [-0.2, 0) is 15.4 Å². The lowest BCUT2D eigenvalue weighted by Gasteiger charge is -2.32. The lowest BCUT2D eigenvalue weighted by molar-refractivity contribution is 0.334. The third-order valence-electron chi connectivity index (χ3n) is 5.70. The average Bonchev–Trinajstić information content (AvgIpc) is 3.22. The molecule has 0 radical (unpaired) electrons. The van der Waals surface area contributed by atoms with E-state index < -0.39 is 15.8 Å². The molecule has 1 saturated heterocycles. The lowest BCUT2D eigenvalue weighted by atomic mass is 9.82. The van der Waals surface area contributed by atoms with Gasteiger partial charge in [0.25, 0.3) is 0 Å². The normalized spacial score (nSPS) is 16.0. The Balaban J connectivity index is 1.85. The first-order valence-electron chi connectivity index (χ1n) is 10.7. The van der Waals surface area contributed by atoms with Gasteiger partial charge in [0.1, 0.15) is 0 Å². The van der Waals surface area contributed by atoms with Gasteiger partial charge in [-0.2, -0.15) is 0 Å². The van der Waals surface area contributed by atoms with Crippen LogP contribution in [0.25, 0.3) is 21.8 Å². The second-order valence-corrected chi connectivity index (χ2v) is 11.5. The third-order valence-corrected chi connectivity index (χ3v) is 8.74. The van der Waals surface area contributed by atoms with Crippen LogP contribution in [0.4, 0.5) is 10.1 Å². The molecule has 3 aromatic rings. The zero-order valence-corrected chi connectivity index (χ0v) is 20.7. The number of thiazole rings is 1. The molecule has 1 aliphatic rings. The average molecular weight is 510 g/mol. The summed E-state index contributed by atoms with van der Waals surface area (Å²) in [4.78, 5) is 13.8. The molecular weight excluding hydrogens is 485 g/mol. The quantitative estimate of drug-likeness (QED) is 0.442. The minimum absolute atomic E-state index is 0.0861. The molecule has 0 saturated carbocycles. The Kier molecular flexibility index (Phi) is 6.99. The number of hydrogen-bond donors (Lipinski definition) is 2. The first-order chi connectivity index (χ1) is 15.7. The second kappa shape index (κ2) is 9.61. The topological polar surface area (TPSA) is 96.9 Å². The van der Waals surface area contributed by atoms with Gasteiger partial charge in [0.05, 0.1) is 32.7 Å². The van der Waals surface area contributed by atoms with E-state index in [0.29, 0.717) is 22.7 Å². The SMILES string of the molecule is CCCS(=O)(=O)Nc1cccc(-c2nc(C3(C)CCNCC3)sc2-c2ccnc(Cl)n2)c1F. The van der Waals surface area contributed by atoms with Gasteiger partial charge in [0.15, 0.2) is 5.82 Å². The number of benzene rings is 1. The molecule has 2 aromatic heterocycles. The minimum atomic E-state index is -3.65. The maximum Gasteiger partial charge on any atom is 0.232 e. The van der Waals surface area contributed by atoms with Crippen molar-refractivity contribution in [3.63, 3.8) is 0 Å². The highest BCUT2D eigenvalue weighted by molar-refractivity contribution is 7.92. The molecule has 4 rings (SSSR count). The molecule has 0 aliphatic carbocycles. The number of nitrogens with one attached hydrogen (secondary N) is 2. The van der Waals surface area contributed by atoms with Crippen molar-refractivity contribution in [2.45, 2.75) is 38.5 Å². The molecule has 2 N–H and O–H groups in total. The first kappa shape index (κ1) is 24.0. The lowest BCUT2D eigenvalue weighted by Crippen LogP contribution is -2.37. The van der Waals surface area contributed by atoms with Gasteiger partial charge in [-0.05, 0) is 62.2 Å². The van der Waals surface area contributed by atoms with Gasteiger partial charge in [-0.3, -0.25) is 4.72 Å². The molecule has 176 valence electrons. The minimum Gasteiger partial charge on any atom is -0.317 e. The van der Waals surface area contributed by atoms with Crippen molar-refractivity contribution < 1.29 is 12.8 Å². The van der Waals surface area contributed by atoms with Crippen LogP contribution in [0.2, 0.25) is 5.28 Å². The van der Waals surface area contributed by atoms with Crippen LogP contribution in [0.1, 0.15) is 38.1 Å². The second-order valence-electron chi connectivity index (χ2n) is 8.31. The van der Waals surface area contributed by atoms with Gasteiger partial charge in [-0.15, -0.1) is 11.3 Å². The highest BCUT2D eigenvalue weighted by atomic mass is 35.5. The van der Waals surface area contributed by atoms with Crippen molar-refractivity contribution in [2.75, 3.05) is 23.6 Å². The Morgan fingerprint density at radius 2 is 2.00 bits per heavy atom. The number of anilines is 1. The fourth-order valence-corrected chi connectivity index (χ4v) is 6.40. The van der Waals surface area contributed by atoms with Gasteiger partial charge in [0.2, 0.25) is 15.3 Å². The monoisotopic (exact) mass is 509 g/mol. The molecule has 0 unspecified atom stereocenters. The van der Waals surface area contributed by atoms with Crippen LogP contribution >= 0.6 is 22.9 Å². The zero-order chi connectivity index (χ0) is 23.6. The number of nitrogens with zero attached hydrogens (tertiary/aromatic N) is 3. The van der Waals surface area contributed by atoms with Crippen molar-refractivity contribution in [1.82, 2.24) is 20.3 Å². The molecule has 0 bridgehead atoms. The van der Waals surface area contributed by atoms with E-state index in [1.54, 1.807) is 31.3 Å². The summed E-state index contributed by atoms with van der Waals surface area (Å²) in [6.07, 6.45) is 3.79. The van der Waals surface area contributed by atoms with Crippen molar-refractivity contribution in [3.05, 3.63) is 46.6 Å². The van der Waals surface area contributed by atoms with E-state index in [4.69, 9.17) is 16.6 Å². The fraction of sp³-hybridized carbons (Fsp3) is 0.409. The fourth-order valence-electron chi connectivity index (χ4n) is 3.87. The van der Waals surface area contributed by atoms with Crippen LogP contribution < -0.4 is 10.0 Å². The van der Waals surface area contributed by atoms with E-state index in [2.05, 4.69) is 26.9 Å². The Labute approximate surface area is 201 Å². The van der Waals surface area contributed by atoms with Crippen LogP contribution in [0.3, 0.4) is 0 Å². The summed E-state index contributed by atoms with van der Waals surface area (Å²) in [5, 5.41) is 4.34. The third kappa shape index (κ3) is 5.18. The molecule has 1 fully saturated rings. The maximum atomic E-state index is 15.6. The number of piperidine rings is 1. The van der Waals surface area contributed by atoms with Gasteiger partial charge in [-0.1, -0.05) is 19.9 Å². The molecule has 7 nitrogen and oxygen atoms in total. The Morgan fingerprint density at radius 3 is 2.70 bits per heavy atom. The number of sulfonamides is 1. The molecule has 0 amide bonds. The number of aromatic nitrogens is 3. The van der Waals surface area contributed by atoms with Crippen molar-refractivity contribution in [1.29, 1.82) is 0 Å². The molecule has 1 aliphatic heterocycles. The van der Waals surface area contributed by atoms with Gasteiger partial charge in [-0.25, -0.2) is 27.8 Å². The van der Waals surface area contributed by atoms with Crippen LogP contribution in [0, 0.1) is 5.82 Å². The summed E-state index contributed by atoms with van der Waals surface area (Å²) in [5.74, 6) is -0.764. The van der Waals surface area contributed by atoms with E-state index in [1.807, 2.05) is 0 Å². The molecule has 33 heavy (non-hydrogen) atoms. The molecule has 3 heterocycles. The zero-order valence-electron chi connectivity index (χ0n) is 18.4. The predicted octanol–water partition coefficient (Wildman–Crippen LogP) is 4.85. The first-order valence-corrected chi connectivity index (χ1v) is 13.6. The molecular formula is C22H25ClFN5O2S2. The summed E-state index contributed by atoms with van der Waals surface area (Å²) >= 11 is 7.50. The van der Waals surface area contributed by atoms with Crippen molar-refractivity contribution in [2.24, 2.45) is 0 Å². The summed E-state index contributed by atoms with van der Waals surface area (Å²) in [6, 6.07) is 6.34. The standard InChI is InChI=1S/C22H25ClFN5O2S2/c1-3-13-33(30,31)29-15-6-4-5-14(17(15)24)18-19(16-7-10-26-21(23)27-16)32-20(28-18)22(2)8-11-25-12-9-22/h4-7,10,25,29H,3,8-9,11-13H2,1-2H3. The maximum absolute atomic E-state index is 15.6. The molecule has 11 heteroatoms. The predicted molar refractivity (Wildman–Crippen MR) is 131 cm³/mol. The van der Waals surface area contributed by atoms with Gasteiger partial charge >= 0.3 is 0 Å². The number of hydrogen-bond acceptors (Lipinski definition) is 7. The molecule has 1 aromatic carbocycles. The van der Waals surface area contributed by atoms with Crippen molar-refractivity contribution >= 4 is 38.6 Å². The van der Waals surface area contributed by atoms with Crippen LogP contribution in [-0.4, -0.2) is 42.2 Å². The van der Waals surface area contributed by atoms with E-state index in [0.717, 1.165) is 30.9 Å². The number of rotatable bonds is 7. The molecule has 0 atom stereocenters. The summed E-state index contributed by atoms with van der Waals surface area (Å²) in [7, 11) is -3.65. The number of halogens is 2. The molecule has 0 spiro atoms. The summed E-state index contributed by atoms with van der Waals surface area (Å²) in [6.45, 7) is 5.68. The Bertz CT molecular complexity index is 1260. The van der Waals surface area contributed by atoms with Crippen LogP contribution in [0.15, 0.2) is 30.5 Å². The highest BCUT2D eigenvalue weighted by Crippen LogP contribution is 2.44. The largest absolute Gasteiger partial charge is 0.317 e. The van der Waals surface area contributed by atoms with E-state index in [1.165, 1.54) is 17.4 Å². The van der Waals surface area contributed by atoms with Gasteiger partial charge < -0.3 is 5.32 Å². The van der Waals surface area contributed by atoms with Crippen LogP contribution in [0.5, 0.6) is 0 Å². The Hall–Kier alpha value is -2.14. The summed E-state index contributed by atoms with van der Waals surface area (Å²) < 4.78 is 42.5. The highest BCUT2D eigenvalue weighted by Gasteiger charge is 2.34. The van der Waals surface area contributed by atoms with Crippen molar-refractivity contribution in [3.8, 4) is 21.8 Å². The summed E-state index contributed by atoms with van der Waals surface area (Å²) in [5.41, 5.74) is 0.907. The van der Waals surface area contributed by atoms with E-state index in [9.17, 15) is 8.42 Å². The van der Waals surface area contributed by atoms with E-state index >= 15 is 4.39 Å². The smallest absolute Gasteiger partial charge is 0.232 e.